The van der Waals surface area contributed by atoms with Gasteiger partial charge in [0.25, 0.3) is 0 Å². The molecular weight excluding hydrogens is 374 g/mol. The van der Waals surface area contributed by atoms with E-state index >= 15 is 0 Å². The summed E-state index contributed by atoms with van der Waals surface area (Å²) in [5.74, 6) is 0.916. The van der Waals surface area contributed by atoms with E-state index in [0.29, 0.717) is 19.7 Å². The van der Waals surface area contributed by atoms with Crippen LogP contribution in [0, 0.1) is 0 Å². The van der Waals surface area contributed by atoms with Crippen molar-refractivity contribution < 1.29 is 9.53 Å². The zero-order valence-corrected chi connectivity index (χ0v) is 18.2. The Morgan fingerprint density at radius 2 is 1.77 bits per heavy atom. The van der Waals surface area contributed by atoms with Crippen LogP contribution in [0.5, 0.6) is 5.75 Å². The van der Waals surface area contributed by atoms with E-state index in [9.17, 15) is 4.79 Å². The highest BCUT2D eigenvalue weighted by Gasteiger charge is 2.24. The Morgan fingerprint density at radius 1 is 1.03 bits per heavy atom. The average molecular weight is 408 g/mol. The predicted octanol–water partition coefficient (Wildman–Crippen LogP) is 4.56. The molecule has 0 spiro atoms. The van der Waals surface area contributed by atoms with Gasteiger partial charge in [-0.25, -0.2) is 4.79 Å². The zero-order valence-electron chi connectivity index (χ0n) is 18.2. The highest BCUT2D eigenvalue weighted by molar-refractivity contribution is 5.75. The van der Waals surface area contributed by atoms with Crippen LogP contribution in [0.2, 0.25) is 0 Å². The minimum absolute atomic E-state index is 0.0152. The van der Waals surface area contributed by atoms with E-state index in [1.165, 1.54) is 36.0 Å². The number of anilines is 1. The van der Waals surface area contributed by atoms with Crippen LogP contribution in [-0.2, 0) is 12.8 Å². The van der Waals surface area contributed by atoms with E-state index in [-0.39, 0.29) is 12.1 Å². The summed E-state index contributed by atoms with van der Waals surface area (Å²) in [5.41, 5.74) is 5.25. The van der Waals surface area contributed by atoms with Crippen LogP contribution in [0.25, 0.3) is 0 Å². The van der Waals surface area contributed by atoms with Crippen molar-refractivity contribution >= 4 is 11.7 Å². The number of carbonyl (C=O) groups is 1. The molecule has 2 amide bonds. The molecule has 5 nitrogen and oxygen atoms in total. The van der Waals surface area contributed by atoms with Gasteiger partial charge in [-0.2, -0.15) is 0 Å². The third-order valence-corrected chi connectivity index (χ3v) is 6.29. The van der Waals surface area contributed by atoms with Crippen LogP contribution >= 0.6 is 0 Å². The minimum Gasteiger partial charge on any atom is -0.492 e. The van der Waals surface area contributed by atoms with Crippen LogP contribution < -0.4 is 15.0 Å². The third kappa shape index (κ3) is 4.55. The second-order valence-corrected chi connectivity index (χ2v) is 8.28. The Balaban J connectivity index is 1.33. The minimum atomic E-state index is 0.0152. The number of para-hydroxylation sites is 2. The summed E-state index contributed by atoms with van der Waals surface area (Å²) < 4.78 is 5.77. The van der Waals surface area contributed by atoms with Gasteiger partial charge in [-0.05, 0) is 68.4 Å². The van der Waals surface area contributed by atoms with E-state index in [1.807, 2.05) is 30.0 Å². The SMILES string of the molecule is CCOc1ccccc1N1CCN(C(=O)NC(C)c2ccc3c(c2)CCCC3)CC1. The van der Waals surface area contributed by atoms with Crippen molar-refractivity contribution in [2.45, 2.75) is 45.6 Å². The second-order valence-electron chi connectivity index (χ2n) is 8.28. The van der Waals surface area contributed by atoms with Gasteiger partial charge in [-0.15, -0.1) is 0 Å². The lowest BCUT2D eigenvalue weighted by molar-refractivity contribution is 0.191. The summed E-state index contributed by atoms with van der Waals surface area (Å²) in [5, 5.41) is 3.20. The Bertz CT molecular complexity index is 874. The Hall–Kier alpha value is -2.69. The smallest absolute Gasteiger partial charge is 0.317 e. The Kier molecular flexibility index (Phi) is 6.46. The number of urea groups is 1. The van der Waals surface area contributed by atoms with Gasteiger partial charge in [-0.3, -0.25) is 0 Å². The number of nitrogens with zero attached hydrogens (tertiary/aromatic N) is 2. The quantitative estimate of drug-likeness (QED) is 0.790. The first-order valence-electron chi connectivity index (χ1n) is 11.3. The molecule has 1 aliphatic heterocycles. The fourth-order valence-electron chi connectivity index (χ4n) is 4.53. The number of aryl methyl sites for hydroxylation is 2. The molecule has 1 unspecified atom stereocenters. The average Bonchev–Trinajstić information content (AvgIpc) is 2.79. The number of ether oxygens (including phenoxy) is 1. The first-order chi connectivity index (χ1) is 14.7. The van der Waals surface area contributed by atoms with Crippen molar-refractivity contribution in [2.75, 3.05) is 37.7 Å². The van der Waals surface area contributed by atoms with E-state index < -0.39 is 0 Å². The molecule has 1 aliphatic carbocycles. The summed E-state index contributed by atoms with van der Waals surface area (Å²) in [4.78, 5) is 17.1. The molecule has 0 aromatic heterocycles. The Labute approximate surface area is 180 Å². The van der Waals surface area contributed by atoms with Crippen molar-refractivity contribution in [3.63, 3.8) is 0 Å². The molecule has 0 saturated carbocycles. The van der Waals surface area contributed by atoms with Gasteiger partial charge < -0.3 is 19.9 Å². The van der Waals surface area contributed by atoms with Gasteiger partial charge in [-0.1, -0.05) is 30.3 Å². The standard InChI is InChI=1S/C25H33N3O2/c1-3-30-24-11-7-6-10-23(24)27-14-16-28(17-15-27)25(29)26-19(2)21-13-12-20-8-4-5-9-22(20)18-21/h6-7,10-13,18-19H,3-5,8-9,14-17H2,1-2H3,(H,26,29). The van der Waals surface area contributed by atoms with Crippen molar-refractivity contribution in [1.82, 2.24) is 10.2 Å². The maximum absolute atomic E-state index is 12.9. The van der Waals surface area contributed by atoms with E-state index in [4.69, 9.17) is 4.74 Å². The molecule has 30 heavy (non-hydrogen) atoms. The lowest BCUT2D eigenvalue weighted by Gasteiger charge is -2.37. The molecule has 2 aliphatic rings. The number of fused-ring (bicyclic) bond motifs is 1. The highest BCUT2D eigenvalue weighted by atomic mass is 16.5. The summed E-state index contributed by atoms with van der Waals surface area (Å²) in [6.07, 6.45) is 4.91. The van der Waals surface area contributed by atoms with Crippen LogP contribution in [0.1, 0.15) is 49.4 Å². The van der Waals surface area contributed by atoms with Crippen LogP contribution in [-0.4, -0.2) is 43.7 Å². The number of rotatable bonds is 5. The first kappa shape index (κ1) is 20.6. The number of nitrogens with one attached hydrogen (secondary N) is 1. The van der Waals surface area contributed by atoms with Gasteiger partial charge in [0.15, 0.2) is 0 Å². The number of amides is 2. The molecule has 4 rings (SSSR count). The summed E-state index contributed by atoms with van der Waals surface area (Å²) in [7, 11) is 0. The number of benzene rings is 2. The molecule has 2 aromatic carbocycles. The van der Waals surface area contributed by atoms with Gasteiger partial charge in [0.1, 0.15) is 5.75 Å². The number of hydrogen-bond acceptors (Lipinski definition) is 3. The Morgan fingerprint density at radius 3 is 2.53 bits per heavy atom. The van der Waals surface area contributed by atoms with E-state index in [1.54, 1.807) is 0 Å². The number of hydrogen-bond donors (Lipinski definition) is 1. The fourth-order valence-corrected chi connectivity index (χ4v) is 4.53. The van der Waals surface area contributed by atoms with Crippen LogP contribution in [0.4, 0.5) is 10.5 Å². The van der Waals surface area contributed by atoms with E-state index in [0.717, 1.165) is 30.9 Å². The summed E-state index contributed by atoms with van der Waals surface area (Å²) >= 11 is 0. The molecule has 1 atom stereocenters. The molecule has 1 saturated heterocycles. The fraction of sp³-hybridized carbons (Fsp3) is 0.480. The maximum Gasteiger partial charge on any atom is 0.317 e. The van der Waals surface area contributed by atoms with Gasteiger partial charge >= 0.3 is 6.03 Å². The normalized spacial score (nSPS) is 17.3. The van der Waals surface area contributed by atoms with Gasteiger partial charge in [0, 0.05) is 26.2 Å². The van der Waals surface area contributed by atoms with Crippen molar-refractivity contribution in [3.05, 3.63) is 59.2 Å². The second kappa shape index (κ2) is 9.41. The lowest BCUT2D eigenvalue weighted by Crippen LogP contribution is -2.52. The monoisotopic (exact) mass is 407 g/mol. The van der Waals surface area contributed by atoms with Crippen molar-refractivity contribution in [1.29, 1.82) is 0 Å². The van der Waals surface area contributed by atoms with Crippen LogP contribution in [0.15, 0.2) is 42.5 Å². The number of carbonyl (C=O) groups excluding carboxylic acids is 1. The molecule has 0 radical (unpaired) electrons. The van der Waals surface area contributed by atoms with Crippen molar-refractivity contribution in [3.8, 4) is 5.75 Å². The predicted molar refractivity (Wildman–Crippen MR) is 121 cm³/mol. The van der Waals surface area contributed by atoms with Crippen molar-refractivity contribution in [2.24, 2.45) is 0 Å². The molecule has 160 valence electrons. The molecular formula is C25H33N3O2. The number of piperazine rings is 1. The highest BCUT2D eigenvalue weighted by Crippen LogP contribution is 2.29. The molecule has 1 fully saturated rings. The summed E-state index contributed by atoms with van der Waals surface area (Å²) in [6.45, 7) is 7.78. The van der Waals surface area contributed by atoms with Gasteiger partial charge in [0.2, 0.25) is 0 Å². The van der Waals surface area contributed by atoms with E-state index in [2.05, 4.69) is 41.4 Å². The molecule has 1 N–H and O–H groups in total. The largest absolute Gasteiger partial charge is 0.492 e. The molecule has 5 heteroatoms. The van der Waals surface area contributed by atoms with Crippen LogP contribution in [0.3, 0.4) is 0 Å². The topological polar surface area (TPSA) is 44.8 Å². The maximum atomic E-state index is 12.9. The summed E-state index contributed by atoms with van der Waals surface area (Å²) in [6, 6.07) is 14.9. The first-order valence-corrected chi connectivity index (χ1v) is 11.3. The van der Waals surface area contributed by atoms with Gasteiger partial charge in [0.05, 0.1) is 18.3 Å². The zero-order chi connectivity index (χ0) is 20.9. The third-order valence-electron chi connectivity index (χ3n) is 6.29. The lowest BCUT2D eigenvalue weighted by atomic mass is 9.89. The molecule has 2 aromatic rings. The molecule has 0 bridgehead atoms. The molecule has 1 heterocycles.